The quantitative estimate of drug-likeness (QED) is 0.686. The van der Waals surface area contributed by atoms with Crippen LogP contribution in [0.15, 0.2) is 53.4 Å². The fraction of sp³-hybridized carbons (Fsp3) is 0.391. The Morgan fingerprint density at radius 2 is 1.83 bits per heavy atom. The second-order valence-electron chi connectivity index (χ2n) is 8.70. The molecule has 29 heavy (non-hydrogen) atoms. The molecule has 0 bridgehead atoms. The number of nitrogens with one attached hydrogen (secondary N) is 1. The molecule has 0 unspecified atom stereocenters. The number of nitrogens with zero attached hydrogens (tertiary/aromatic N) is 1. The van der Waals surface area contributed by atoms with Gasteiger partial charge in [0.1, 0.15) is 5.60 Å². The van der Waals surface area contributed by atoms with Crippen molar-refractivity contribution in [3.8, 4) is 0 Å². The molecule has 2 aromatic carbocycles. The Hall–Kier alpha value is -2.15. The molecule has 1 N–H and O–H groups in total. The molecule has 3 heterocycles. The zero-order valence-electron chi connectivity index (χ0n) is 17.0. The molecule has 5 rings (SSSR count). The van der Waals surface area contributed by atoms with Crippen LogP contribution in [0.4, 0.5) is 0 Å². The summed E-state index contributed by atoms with van der Waals surface area (Å²) >= 11 is 0. The van der Waals surface area contributed by atoms with Crippen LogP contribution in [0, 0.1) is 6.92 Å². The van der Waals surface area contributed by atoms with Crippen LogP contribution >= 0.6 is 0 Å². The van der Waals surface area contributed by atoms with E-state index in [1.165, 1.54) is 10.9 Å². The summed E-state index contributed by atoms with van der Waals surface area (Å²) in [5.41, 5.74) is 4.09. The number of H-pyrrole nitrogens is 1. The summed E-state index contributed by atoms with van der Waals surface area (Å²) in [5.74, 6) is 0.193. The van der Waals surface area contributed by atoms with Gasteiger partial charge in [0, 0.05) is 29.9 Å². The molecule has 0 spiro atoms. The number of hydrogen-bond donors (Lipinski definition) is 1. The van der Waals surface area contributed by atoms with E-state index in [0.717, 1.165) is 23.2 Å². The van der Waals surface area contributed by atoms with E-state index in [9.17, 15) is 8.42 Å². The number of rotatable bonds is 2. The molecule has 2 aliphatic rings. The first-order valence-corrected chi connectivity index (χ1v) is 11.6. The smallest absolute Gasteiger partial charge is 0.243 e. The maximum atomic E-state index is 13.2. The second-order valence-corrected chi connectivity index (χ2v) is 10.6. The van der Waals surface area contributed by atoms with E-state index in [4.69, 9.17) is 4.74 Å². The van der Waals surface area contributed by atoms with Gasteiger partial charge in [-0.05, 0) is 51.0 Å². The van der Waals surface area contributed by atoms with Crippen LogP contribution in [0.2, 0.25) is 0 Å². The third kappa shape index (κ3) is 2.93. The summed E-state index contributed by atoms with van der Waals surface area (Å²) in [6.45, 7) is 6.96. The Bertz CT molecular complexity index is 1180. The number of aromatic nitrogens is 1. The third-order valence-electron chi connectivity index (χ3n) is 6.35. The van der Waals surface area contributed by atoms with Gasteiger partial charge in [-0.25, -0.2) is 8.42 Å². The number of piperidine rings is 1. The first kappa shape index (κ1) is 18.9. The zero-order valence-corrected chi connectivity index (χ0v) is 17.8. The van der Waals surface area contributed by atoms with Crippen LogP contribution in [-0.4, -0.2) is 36.9 Å². The third-order valence-corrected chi connectivity index (χ3v) is 8.23. The molecule has 1 aromatic heterocycles. The number of hydrogen-bond acceptors (Lipinski definition) is 3. The molecule has 2 atom stereocenters. The molecule has 3 aromatic rings. The van der Waals surface area contributed by atoms with Crippen LogP contribution in [-0.2, 0) is 20.4 Å². The fourth-order valence-electron chi connectivity index (χ4n) is 4.88. The maximum absolute atomic E-state index is 13.2. The summed E-state index contributed by atoms with van der Waals surface area (Å²) in [7, 11) is -3.53. The SMILES string of the molecule is Cc1ccc(S(=O)(=O)N2CC[C@@H]3c4c([nH]c5ccccc45)C(C)(C)O[C@H]3C2)cc1. The lowest BCUT2D eigenvalue weighted by Crippen LogP contribution is -2.51. The summed E-state index contributed by atoms with van der Waals surface area (Å²) < 4.78 is 34.5. The zero-order chi connectivity index (χ0) is 20.4. The number of para-hydroxylation sites is 1. The van der Waals surface area contributed by atoms with Gasteiger partial charge in [0.2, 0.25) is 10.0 Å². The van der Waals surface area contributed by atoms with Crippen molar-refractivity contribution in [3.63, 3.8) is 0 Å². The number of aromatic amines is 1. The normalized spacial score (nSPS) is 24.2. The van der Waals surface area contributed by atoms with Crippen molar-refractivity contribution < 1.29 is 13.2 Å². The van der Waals surface area contributed by atoms with E-state index >= 15 is 0 Å². The van der Waals surface area contributed by atoms with Crippen LogP contribution in [0.25, 0.3) is 10.9 Å². The Labute approximate surface area is 171 Å². The monoisotopic (exact) mass is 410 g/mol. The minimum Gasteiger partial charge on any atom is -0.364 e. The van der Waals surface area contributed by atoms with E-state index in [1.54, 1.807) is 16.4 Å². The highest BCUT2D eigenvalue weighted by atomic mass is 32.2. The highest BCUT2D eigenvalue weighted by Gasteiger charge is 2.46. The average Bonchev–Trinajstić information content (AvgIpc) is 3.09. The topological polar surface area (TPSA) is 62.4 Å². The molecule has 1 saturated heterocycles. The Kier molecular flexibility index (Phi) is 4.18. The lowest BCUT2D eigenvalue weighted by Gasteiger charge is -2.46. The molecular formula is C23H26N2O3S. The van der Waals surface area contributed by atoms with Crippen LogP contribution in [0.1, 0.15) is 43.0 Å². The number of sulfonamides is 1. The van der Waals surface area contributed by atoms with E-state index in [1.807, 2.05) is 25.1 Å². The van der Waals surface area contributed by atoms with Crippen LogP contribution in [0.3, 0.4) is 0 Å². The predicted molar refractivity (Wildman–Crippen MR) is 113 cm³/mol. The van der Waals surface area contributed by atoms with Gasteiger partial charge in [0.25, 0.3) is 0 Å². The van der Waals surface area contributed by atoms with Crippen LogP contribution < -0.4 is 0 Å². The first-order chi connectivity index (χ1) is 13.8. The van der Waals surface area contributed by atoms with Gasteiger partial charge in [-0.1, -0.05) is 35.9 Å². The van der Waals surface area contributed by atoms with Gasteiger partial charge in [-0.15, -0.1) is 0 Å². The molecule has 5 nitrogen and oxygen atoms in total. The van der Waals surface area contributed by atoms with Gasteiger partial charge >= 0.3 is 0 Å². The van der Waals surface area contributed by atoms with Crippen molar-refractivity contribution in [1.82, 2.24) is 9.29 Å². The van der Waals surface area contributed by atoms with Crippen molar-refractivity contribution in [2.75, 3.05) is 13.1 Å². The van der Waals surface area contributed by atoms with E-state index < -0.39 is 15.6 Å². The Morgan fingerprint density at radius 1 is 1.10 bits per heavy atom. The number of aryl methyl sites for hydroxylation is 1. The van der Waals surface area contributed by atoms with Gasteiger partial charge in [-0.2, -0.15) is 4.31 Å². The van der Waals surface area contributed by atoms with Crippen molar-refractivity contribution in [3.05, 3.63) is 65.4 Å². The van der Waals surface area contributed by atoms with Gasteiger partial charge in [0.15, 0.2) is 0 Å². The van der Waals surface area contributed by atoms with Gasteiger partial charge in [0.05, 0.1) is 16.7 Å². The van der Waals surface area contributed by atoms with E-state index in [2.05, 4.69) is 37.0 Å². The molecule has 1 fully saturated rings. The average molecular weight is 411 g/mol. The first-order valence-electron chi connectivity index (χ1n) is 10.1. The molecule has 0 saturated carbocycles. The molecule has 0 amide bonds. The molecule has 152 valence electrons. The van der Waals surface area contributed by atoms with E-state index in [-0.39, 0.29) is 12.0 Å². The summed E-state index contributed by atoms with van der Waals surface area (Å²) in [5, 5.41) is 1.23. The lowest BCUT2D eigenvalue weighted by molar-refractivity contribution is -0.116. The van der Waals surface area contributed by atoms with E-state index in [0.29, 0.717) is 18.0 Å². The second kappa shape index (κ2) is 6.42. The number of fused-ring (bicyclic) bond motifs is 5. The van der Waals surface area contributed by atoms with Crippen molar-refractivity contribution >= 4 is 20.9 Å². The summed E-state index contributed by atoms with van der Waals surface area (Å²) in [6, 6.07) is 15.4. The molecule has 0 aliphatic carbocycles. The Morgan fingerprint density at radius 3 is 2.59 bits per heavy atom. The lowest BCUT2D eigenvalue weighted by atomic mass is 9.80. The van der Waals surface area contributed by atoms with Crippen LogP contribution in [0.5, 0.6) is 0 Å². The summed E-state index contributed by atoms with van der Waals surface area (Å²) in [6.07, 6.45) is 0.589. The van der Waals surface area contributed by atoms with Gasteiger partial charge < -0.3 is 9.72 Å². The summed E-state index contributed by atoms with van der Waals surface area (Å²) in [4.78, 5) is 3.91. The number of benzene rings is 2. The molecular weight excluding hydrogens is 384 g/mol. The fourth-order valence-corrected chi connectivity index (χ4v) is 6.34. The highest BCUT2D eigenvalue weighted by molar-refractivity contribution is 7.89. The van der Waals surface area contributed by atoms with Crippen molar-refractivity contribution in [2.24, 2.45) is 0 Å². The minimum absolute atomic E-state index is 0.161. The molecule has 2 aliphatic heterocycles. The van der Waals surface area contributed by atoms with Crippen molar-refractivity contribution in [1.29, 1.82) is 0 Å². The minimum atomic E-state index is -3.53. The van der Waals surface area contributed by atoms with Crippen molar-refractivity contribution in [2.45, 2.75) is 49.7 Å². The highest BCUT2D eigenvalue weighted by Crippen LogP contribution is 2.48. The Balaban J connectivity index is 1.52. The largest absolute Gasteiger partial charge is 0.364 e. The molecule has 0 radical (unpaired) electrons. The molecule has 6 heteroatoms. The number of ether oxygens (including phenoxy) is 1. The maximum Gasteiger partial charge on any atom is 0.243 e. The van der Waals surface area contributed by atoms with Gasteiger partial charge in [-0.3, -0.25) is 0 Å². The predicted octanol–water partition coefficient (Wildman–Crippen LogP) is 4.29. The standard InChI is InChI=1S/C23H26N2O3S/c1-15-8-10-16(11-9-15)29(26,27)25-13-12-18-20(14-25)28-23(2,3)22-21(18)17-6-4-5-7-19(17)24-22/h4-11,18,20,24H,12-14H2,1-3H3/t18-,20-/m0/s1.